The smallest absolute Gasteiger partial charge is 0.311 e. The summed E-state index contributed by atoms with van der Waals surface area (Å²) in [4.78, 5) is 15.6. The number of aromatic nitrogens is 1. The molecule has 18 heavy (non-hydrogen) atoms. The molecule has 0 radical (unpaired) electrons. The van der Waals surface area contributed by atoms with Crippen molar-refractivity contribution in [2.24, 2.45) is 5.92 Å². The maximum Gasteiger partial charge on any atom is 0.311 e. The second-order valence-electron chi connectivity index (χ2n) is 5.00. The van der Waals surface area contributed by atoms with E-state index in [0.717, 1.165) is 16.7 Å². The number of anilines is 1. The molecule has 100 valence electrons. The van der Waals surface area contributed by atoms with E-state index >= 15 is 0 Å². The molecule has 1 saturated carbocycles. The first kappa shape index (κ1) is 13.3. The zero-order chi connectivity index (χ0) is 13.0. The van der Waals surface area contributed by atoms with Gasteiger partial charge in [-0.05, 0) is 31.6 Å². The molecule has 0 bridgehead atoms. The Kier molecular flexibility index (Phi) is 4.58. The van der Waals surface area contributed by atoms with E-state index in [-0.39, 0.29) is 12.4 Å². The fourth-order valence-corrected chi connectivity index (χ4v) is 3.04. The maximum atomic E-state index is 11.1. The minimum Gasteiger partial charge on any atom is -0.469 e. The van der Waals surface area contributed by atoms with E-state index in [1.807, 2.05) is 5.38 Å². The topological polar surface area (TPSA) is 51.2 Å². The van der Waals surface area contributed by atoms with Crippen molar-refractivity contribution in [2.75, 3.05) is 12.4 Å². The average Bonchev–Trinajstić information content (AvgIpc) is 2.79. The van der Waals surface area contributed by atoms with Crippen LogP contribution in [0.5, 0.6) is 0 Å². The Bertz CT molecular complexity index is 397. The predicted molar refractivity (Wildman–Crippen MR) is 72.9 cm³/mol. The Hall–Kier alpha value is -1.10. The molecule has 0 saturated heterocycles. The standard InChI is InChI=1S/C13H20N2O2S/c1-9-3-5-10(6-4-9)14-13-15-11(8-18-13)7-12(16)17-2/h8-10H,3-7H2,1-2H3,(H,14,15). The van der Waals surface area contributed by atoms with Gasteiger partial charge in [-0.3, -0.25) is 4.79 Å². The van der Waals surface area contributed by atoms with Crippen LogP contribution in [0.15, 0.2) is 5.38 Å². The predicted octanol–water partition coefficient (Wildman–Crippen LogP) is 2.85. The minimum atomic E-state index is -0.238. The second-order valence-corrected chi connectivity index (χ2v) is 5.86. The Balaban J connectivity index is 1.84. The largest absolute Gasteiger partial charge is 0.469 e. The van der Waals surface area contributed by atoms with Gasteiger partial charge >= 0.3 is 5.97 Å². The van der Waals surface area contributed by atoms with Crippen LogP contribution in [-0.2, 0) is 16.0 Å². The molecule has 0 aromatic carbocycles. The summed E-state index contributed by atoms with van der Waals surface area (Å²) in [6.07, 6.45) is 5.27. The molecule has 1 aromatic heterocycles. The van der Waals surface area contributed by atoms with Gasteiger partial charge in [0.05, 0.1) is 19.2 Å². The van der Waals surface area contributed by atoms with Gasteiger partial charge in [0.1, 0.15) is 0 Å². The number of carbonyl (C=O) groups is 1. The molecule has 0 unspecified atom stereocenters. The van der Waals surface area contributed by atoms with Crippen LogP contribution in [0.25, 0.3) is 0 Å². The molecule has 0 spiro atoms. The van der Waals surface area contributed by atoms with Crippen LogP contribution in [0.4, 0.5) is 5.13 Å². The van der Waals surface area contributed by atoms with E-state index in [0.29, 0.717) is 6.04 Å². The number of carbonyl (C=O) groups excluding carboxylic acids is 1. The van der Waals surface area contributed by atoms with E-state index in [2.05, 4.69) is 22.0 Å². The number of thiazole rings is 1. The van der Waals surface area contributed by atoms with Crippen LogP contribution < -0.4 is 5.32 Å². The molecule has 1 aliphatic rings. The van der Waals surface area contributed by atoms with E-state index in [4.69, 9.17) is 0 Å². The molecule has 5 heteroatoms. The Morgan fingerprint density at radius 1 is 1.50 bits per heavy atom. The van der Waals surface area contributed by atoms with Gasteiger partial charge in [-0.2, -0.15) is 0 Å². The summed E-state index contributed by atoms with van der Waals surface area (Å²) < 4.78 is 4.63. The highest BCUT2D eigenvalue weighted by atomic mass is 32.1. The summed E-state index contributed by atoms with van der Waals surface area (Å²) in [6, 6.07) is 0.540. The number of esters is 1. The lowest BCUT2D eigenvalue weighted by atomic mass is 9.87. The van der Waals surface area contributed by atoms with Gasteiger partial charge < -0.3 is 10.1 Å². The van der Waals surface area contributed by atoms with Crippen molar-refractivity contribution in [3.63, 3.8) is 0 Å². The third kappa shape index (κ3) is 3.70. The van der Waals surface area contributed by atoms with E-state index in [1.54, 1.807) is 11.3 Å². The van der Waals surface area contributed by atoms with Gasteiger partial charge in [0.2, 0.25) is 0 Å². The average molecular weight is 268 g/mol. The first-order valence-corrected chi connectivity index (χ1v) is 7.33. The molecule has 0 aliphatic heterocycles. The fraction of sp³-hybridized carbons (Fsp3) is 0.692. The Morgan fingerprint density at radius 3 is 2.89 bits per heavy atom. The summed E-state index contributed by atoms with van der Waals surface area (Å²) in [5, 5.41) is 6.31. The summed E-state index contributed by atoms with van der Waals surface area (Å²) in [6.45, 7) is 2.31. The number of ether oxygens (including phenoxy) is 1. The van der Waals surface area contributed by atoms with Gasteiger partial charge in [0.25, 0.3) is 0 Å². The van der Waals surface area contributed by atoms with Crippen molar-refractivity contribution in [1.82, 2.24) is 4.98 Å². The molecule has 1 aromatic rings. The number of nitrogens with zero attached hydrogens (tertiary/aromatic N) is 1. The molecular formula is C13H20N2O2S. The van der Waals surface area contributed by atoms with Gasteiger partial charge in [0.15, 0.2) is 5.13 Å². The summed E-state index contributed by atoms with van der Waals surface area (Å²) in [7, 11) is 1.40. The molecule has 1 heterocycles. The van der Waals surface area contributed by atoms with Crippen molar-refractivity contribution < 1.29 is 9.53 Å². The highest BCUT2D eigenvalue weighted by Crippen LogP contribution is 2.27. The lowest BCUT2D eigenvalue weighted by Crippen LogP contribution is -2.25. The third-order valence-corrected chi connectivity index (χ3v) is 4.27. The highest BCUT2D eigenvalue weighted by Gasteiger charge is 2.19. The summed E-state index contributed by atoms with van der Waals surface area (Å²) in [5.41, 5.74) is 0.790. The van der Waals surface area contributed by atoms with Crippen molar-refractivity contribution in [3.8, 4) is 0 Å². The number of methoxy groups -OCH3 is 1. The first-order valence-electron chi connectivity index (χ1n) is 6.45. The van der Waals surface area contributed by atoms with E-state index < -0.39 is 0 Å². The quantitative estimate of drug-likeness (QED) is 0.853. The van der Waals surface area contributed by atoms with Crippen LogP contribution >= 0.6 is 11.3 Å². The lowest BCUT2D eigenvalue weighted by Gasteiger charge is -2.26. The summed E-state index contributed by atoms with van der Waals surface area (Å²) >= 11 is 1.57. The normalized spacial score (nSPS) is 23.7. The first-order chi connectivity index (χ1) is 8.67. The number of nitrogens with one attached hydrogen (secondary N) is 1. The fourth-order valence-electron chi connectivity index (χ4n) is 2.25. The van der Waals surface area contributed by atoms with Crippen molar-refractivity contribution in [3.05, 3.63) is 11.1 Å². The Labute approximate surface area is 112 Å². The van der Waals surface area contributed by atoms with Crippen LogP contribution in [0.1, 0.15) is 38.3 Å². The van der Waals surface area contributed by atoms with Crippen LogP contribution in [-0.4, -0.2) is 24.1 Å². The zero-order valence-electron chi connectivity index (χ0n) is 10.9. The van der Waals surface area contributed by atoms with Crippen molar-refractivity contribution >= 4 is 22.4 Å². The van der Waals surface area contributed by atoms with Crippen LogP contribution in [0.3, 0.4) is 0 Å². The molecule has 0 amide bonds. The van der Waals surface area contributed by atoms with Crippen LogP contribution in [0.2, 0.25) is 0 Å². The van der Waals surface area contributed by atoms with Gasteiger partial charge in [0, 0.05) is 11.4 Å². The monoisotopic (exact) mass is 268 g/mol. The second kappa shape index (κ2) is 6.18. The lowest BCUT2D eigenvalue weighted by molar-refractivity contribution is -0.139. The third-order valence-electron chi connectivity index (χ3n) is 3.45. The molecule has 1 fully saturated rings. The molecule has 1 N–H and O–H groups in total. The summed E-state index contributed by atoms with van der Waals surface area (Å²) in [5.74, 6) is 0.618. The molecular weight excluding hydrogens is 248 g/mol. The van der Waals surface area contributed by atoms with E-state index in [9.17, 15) is 4.79 Å². The number of hydrogen-bond donors (Lipinski definition) is 1. The number of hydrogen-bond acceptors (Lipinski definition) is 5. The molecule has 2 rings (SSSR count). The van der Waals surface area contributed by atoms with Gasteiger partial charge in [-0.25, -0.2) is 4.98 Å². The number of rotatable bonds is 4. The molecule has 1 aliphatic carbocycles. The van der Waals surface area contributed by atoms with Crippen molar-refractivity contribution in [2.45, 2.75) is 45.1 Å². The van der Waals surface area contributed by atoms with E-state index in [1.165, 1.54) is 32.8 Å². The van der Waals surface area contributed by atoms with Crippen LogP contribution in [0, 0.1) is 5.92 Å². The SMILES string of the molecule is COC(=O)Cc1csc(NC2CCC(C)CC2)n1. The Morgan fingerprint density at radius 2 is 2.22 bits per heavy atom. The maximum absolute atomic E-state index is 11.1. The van der Waals surface area contributed by atoms with Crippen molar-refractivity contribution in [1.29, 1.82) is 0 Å². The van der Waals surface area contributed by atoms with Gasteiger partial charge in [-0.1, -0.05) is 6.92 Å². The molecule has 4 nitrogen and oxygen atoms in total. The van der Waals surface area contributed by atoms with Gasteiger partial charge in [-0.15, -0.1) is 11.3 Å². The highest BCUT2D eigenvalue weighted by molar-refractivity contribution is 7.13. The molecule has 0 atom stereocenters. The minimum absolute atomic E-state index is 0.238. The zero-order valence-corrected chi connectivity index (χ0v) is 11.8.